The van der Waals surface area contributed by atoms with Gasteiger partial charge in [-0.2, -0.15) is 0 Å². The molecule has 2 atom stereocenters. The summed E-state index contributed by atoms with van der Waals surface area (Å²) in [6.07, 6.45) is 6.77. The summed E-state index contributed by atoms with van der Waals surface area (Å²) in [7, 11) is 0. The molecule has 0 spiro atoms. The maximum Gasteiger partial charge on any atom is 0.248 e. The van der Waals surface area contributed by atoms with E-state index in [1.165, 1.54) is 19.3 Å². The number of halogens is 2. The topological polar surface area (TPSA) is 26.0 Å². The summed E-state index contributed by atoms with van der Waals surface area (Å²) in [4.78, 5) is 0. The molecule has 2 N–H and O–H groups in total. The van der Waals surface area contributed by atoms with Crippen LogP contribution in [-0.2, 0) is 0 Å². The summed E-state index contributed by atoms with van der Waals surface area (Å²) in [6, 6.07) is 0.0150. The lowest BCUT2D eigenvalue weighted by Gasteiger charge is -2.34. The zero-order chi connectivity index (χ0) is 12.5. The van der Waals surface area contributed by atoms with Crippen LogP contribution in [0.3, 0.4) is 0 Å². The number of hydrogen-bond donors (Lipinski definition) is 1. The highest BCUT2D eigenvalue weighted by atomic mass is 19.3. The first-order valence-electron chi connectivity index (χ1n) is 7.15. The van der Waals surface area contributed by atoms with Crippen molar-refractivity contribution in [3.05, 3.63) is 0 Å². The minimum absolute atomic E-state index is 0.0150. The van der Waals surface area contributed by atoms with Gasteiger partial charge in [-0.25, -0.2) is 8.78 Å². The molecule has 2 saturated carbocycles. The van der Waals surface area contributed by atoms with Gasteiger partial charge >= 0.3 is 0 Å². The highest BCUT2D eigenvalue weighted by Gasteiger charge is 2.43. The van der Waals surface area contributed by atoms with Crippen LogP contribution < -0.4 is 5.73 Å². The fourth-order valence-electron chi connectivity index (χ4n) is 3.68. The Labute approximate surface area is 103 Å². The summed E-state index contributed by atoms with van der Waals surface area (Å²) in [6.45, 7) is 2.24. The third-order valence-electron chi connectivity index (χ3n) is 5.00. The maximum atomic E-state index is 13.2. The van der Waals surface area contributed by atoms with Gasteiger partial charge in [0.1, 0.15) is 0 Å². The molecule has 0 aliphatic heterocycles. The highest BCUT2D eigenvalue weighted by Crippen LogP contribution is 2.43. The molecule has 2 unspecified atom stereocenters. The van der Waals surface area contributed by atoms with Crippen molar-refractivity contribution < 1.29 is 8.78 Å². The fraction of sp³-hybridized carbons (Fsp3) is 1.00. The van der Waals surface area contributed by atoms with E-state index in [0.717, 1.165) is 18.8 Å². The van der Waals surface area contributed by atoms with Crippen molar-refractivity contribution in [2.24, 2.45) is 23.5 Å². The second-order valence-corrected chi connectivity index (χ2v) is 6.13. The standard InChI is InChI=1S/C14H25F2N/c1-2-10-3-5-11(6-4-10)13(17)12-7-8-14(15,16)9-12/h10-13H,2-9,17H2,1H3. The molecular weight excluding hydrogens is 220 g/mol. The first kappa shape index (κ1) is 13.3. The van der Waals surface area contributed by atoms with Crippen LogP contribution in [0.4, 0.5) is 8.78 Å². The summed E-state index contributed by atoms with van der Waals surface area (Å²) >= 11 is 0. The Morgan fingerprint density at radius 1 is 1.12 bits per heavy atom. The maximum absolute atomic E-state index is 13.2. The molecule has 0 aromatic rings. The molecule has 0 aromatic heterocycles. The molecule has 2 fully saturated rings. The molecule has 0 bridgehead atoms. The van der Waals surface area contributed by atoms with E-state index in [0.29, 0.717) is 12.3 Å². The van der Waals surface area contributed by atoms with Gasteiger partial charge in [0.2, 0.25) is 5.92 Å². The fourth-order valence-corrected chi connectivity index (χ4v) is 3.68. The normalized spacial score (nSPS) is 39.2. The molecule has 2 aliphatic rings. The first-order valence-corrected chi connectivity index (χ1v) is 7.15. The summed E-state index contributed by atoms with van der Waals surface area (Å²) in [5.74, 6) is -1.03. The minimum Gasteiger partial charge on any atom is -0.327 e. The number of rotatable bonds is 3. The lowest BCUT2D eigenvalue weighted by Crippen LogP contribution is -2.39. The first-order chi connectivity index (χ1) is 8.02. The van der Waals surface area contributed by atoms with E-state index in [2.05, 4.69) is 6.92 Å². The summed E-state index contributed by atoms with van der Waals surface area (Å²) in [5, 5.41) is 0. The van der Waals surface area contributed by atoms with Crippen molar-refractivity contribution >= 4 is 0 Å². The van der Waals surface area contributed by atoms with Gasteiger partial charge in [-0.1, -0.05) is 26.2 Å². The largest absolute Gasteiger partial charge is 0.327 e. The van der Waals surface area contributed by atoms with Crippen LogP contribution >= 0.6 is 0 Å². The zero-order valence-corrected chi connectivity index (χ0v) is 10.8. The second kappa shape index (κ2) is 5.21. The molecule has 0 amide bonds. The lowest BCUT2D eigenvalue weighted by atomic mass is 9.74. The van der Waals surface area contributed by atoms with Crippen molar-refractivity contribution in [1.29, 1.82) is 0 Å². The van der Waals surface area contributed by atoms with E-state index < -0.39 is 5.92 Å². The average molecular weight is 245 g/mol. The molecule has 0 radical (unpaired) electrons. The van der Waals surface area contributed by atoms with E-state index in [9.17, 15) is 8.78 Å². The van der Waals surface area contributed by atoms with E-state index in [4.69, 9.17) is 5.73 Å². The van der Waals surface area contributed by atoms with Gasteiger partial charge in [0.25, 0.3) is 0 Å². The Bertz CT molecular complexity index is 247. The molecule has 0 heterocycles. The van der Waals surface area contributed by atoms with Crippen molar-refractivity contribution in [1.82, 2.24) is 0 Å². The van der Waals surface area contributed by atoms with Crippen LogP contribution in [0.25, 0.3) is 0 Å². The van der Waals surface area contributed by atoms with E-state index >= 15 is 0 Å². The van der Waals surface area contributed by atoms with Gasteiger partial charge in [-0.15, -0.1) is 0 Å². The van der Waals surface area contributed by atoms with Gasteiger partial charge in [0, 0.05) is 18.9 Å². The van der Waals surface area contributed by atoms with Crippen LogP contribution in [0, 0.1) is 17.8 Å². The van der Waals surface area contributed by atoms with Crippen LogP contribution in [0.15, 0.2) is 0 Å². The summed E-state index contributed by atoms with van der Waals surface area (Å²) in [5.41, 5.74) is 6.23. The molecule has 0 saturated heterocycles. The molecule has 2 aliphatic carbocycles. The van der Waals surface area contributed by atoms with Crippen molar-refractivity contribution in [2.45, 2.75) is 70.3 Å². The average Bonchev–Trinajstić information content (AvgIpc) is 2.69. The van der Waals surface area contributed by atoms with Gasteiger partial charge < -0.3 is 5.73 Å². The van der Waals surface area contributed by atoms with E-state index in [1.54, 1.807) is 0 Å². The Hall–Kier alpha value is -0.180. The molecule has 0 aromatic carbocycles. The number of hydrogen-bond acceptors (Lipinski definition) is 1. The third-order valence-corrected chi connectivity index (χ3v) is 5.00. The van der Waals surface area contributed by atoms with Gasteiger partial charge in [-0.05, 0) is 37.0 Å². The van der Waals surface area contributed by atoms with Gasteiger partial charge in [-0.3, -0.25) is 0 Å². The number of nitrogens with two attached hydrogens (primary N) is 1. The van der Waals surface area contributed by atoms with Crippen molar-refractivity contribution in [3.63, 3.8) is 0 Å². The second-order valence-electron chi connectivity index (χ2n) is 6.13. The van der Waals surface area contributed by atoms with E-state index in [-0.39, 0.29) is 24.8 Å². The Kier molecular flexibility index (Phi) is 4.06. The van der Waals surface area contributed by atoms with Crippen LogP contribution in [0.2, 0.25) is 0 Å². The zero-order valence-electron chi connectivity index (χ0n) is 10.8. The molecule has 100 valence electrons. The molecule has 2 rings (SSSR count). The predicted octanol–water partition coefficient (Wildman–Crippen LogP) is 3.97. The third kappa shape index (κ3) is 3.18. The van der Waals surface area contributed by atoms with Crippen molar-refractivity contribution in [2.75, 3.05) is 0 Å². The molecule has 17 heavy (non-hydrogen) atoms. The monoisotopic (exact) mass is 245 g/mol. The predicted molar refractivity (Wildman–Crippen MR) is 66.0 cm³/mol. The molecule has 1 nitrogen and oxygen atoms in total. The summed E-state index contributed by atoms with van der Waals surface area (Å²) < 4.78 is 26.4. The minimum atomic E-state index is -2.44. The quantitative estimate of drug-likeness (QED) is 0.800. The van der Waals surface area contributed by atoms with Gasteiger partial charge in [0.05, 0.1) is 0 Å². The van der Waals surface area contributed by atoms with Gasteiger partial charge in [0.15, 0.2) is 0 Å². The lowest BCUT2D eigenvalue weighted by molar-refractivity contribution is 0.00239. The Morgan fingerprint density at radius 2 is 1.76 bits per heavy atom. The van der Waals surface area contributed by atoms with E-state index in [1.807, 2.05) is 0 Å². The SMILES string of the molecule is CCC1CCC(C(N)C2CCC(F)(F)C2)CC1. The van der Waals surface area contributed by atoms with Crippen molar-refractivity contribution in [3.8, 4) is 0 Å². The highest BCUT2D eigenvalue weighted by molar-refractivity contribution is 4.91. The van der Waals surface area contributed by atoms with Crippen LogP contribution in [0.5, 0.6) is 0 Å². The molecular formula is C14H25F2N. The molecule has 3 heteroatoms. The number of alkyl halides is 2. The Balaban J connectivity index is 1.83. The van der Waals surface area contributed by atoms with Crippen LogP contribution in [-0.4, -0.2) is 12.0 Å². The Morgan fingerprint density at radius 3 is 2.24 bits per heavy atom. The van der Waals surface area contributed by atoms with Crippen LogP contribution in [0.1, 0.15) is 58.3 Å². The smallest absolute Gasteiger partial charge is 0.248 e.